The van der Waals surface area contributed by atoms with Gasteiger partial charge in [-0.1, -0.05) is 20.8 Å². The van der Waals surface area contributed by atoms with Crippen molar-refractivity contribution in [3.8, 4) is 0 Å². The smallest absolute Gasteiger partial charge is 0.00932 e. The lowest BCUT2D eigenvalue weighted by Gasteiger charge is -2.40. The minimum absolute atomic E-state index is 0.437. The molecular formula is C15H30N2. The van der Waals surface area contributed by atoms with Crippen molar-refractivity contribution < 1.29 is 0 Å². The molecule has 2 aliphatic rings. The van der Waals surface area contributed by atoms with Gasteiger partial charge in [-0.05, 0) is 56.4 Å². The highest BCUT2D eigenvalue weighted by Gasteiger charge is 2.35. The van der Waals surface area contributed by atoms with Crippen molar-refractivity contribution >= 4 is 0 Å². The Labute approximate surface area is 107 Å². The van der Waals surface area contributed by atoms with Gasteiger partial charge in [-0.15, -0.1) is 0 Å². The van der Waals surface area contributed by atoms with Crippen LogP contribution in [-0.4, -0.2) is 30.1 Å². The molecule has 2 rings (SSSR count). The van der Waals surface area contributed by atoms with E-state index in [0.717, 1.165) is 23.8 Å². The number of hydrogen-bond donors (Lipinski definition) is 1. The summed E-state index contributed by atoms with van der Waals surface area (Å²) in [5, 5.41) is 0. The zero-order chi connectivity index (χ0) is 12.4. The van der Waals surface area contributed by atoms with Crippen LogP contribution in [0.3, 0.4) is 0 Å². The first-order valence-electron chi connectivity index (χ1n) is 7.61. The quantitative estimate of drug-likeness (QED) is 0.819. The zero-order valence-electron chi connectivity index (χ0n) is 11.9. The van der Waals surface area contributed by atoms with Crippen LogP contribution in [0.15, 0.2) is 0 Å². The average molecular weight is 238 g/mol. The molecule has 0 aromatic rings. The molecule has 0 amide bonds. The van der Waals surface area contributed by atoms with Gasteiger partial charge < -0.3 is 10.6 Å². The van der Waals surface area contributed by atoms with Crippen LogP contribution in [0.25, 0.3) is 0 Å². The van der Waals surface area contributed by atoms with Gasteiger partial charge in [0.2, 0.25) is 0 Å². The number of nitrogens with zero attached hydrogens (tertiary/aromatic N) is 1. The van der Waals surface area contributed by atoms with E-state index in [1.807, 2.05) is 0 Å². The summed E-state index contributed by atoms with van der Waals surface area (Å²) in [7, 11) is 0. The molecule has 1 aliphatic heterocycles. The summed E-state index contributed by atoms with van der Waals surface area (Å²) in [6.45, 7) is 9.67. The molecule has 1 saturated carbocycles. The maximum Gasteiger partial charge on any atom is 0.00932 e. The van der Waals surface area contributed by atoms with E-state index in [1.165, 1.54) is 45.2 Å². The van der Waals surface area contributed by atoms with Gasteiger partial charge in [0, 0.05) is 18.6 Å². The van der Waals surface area contributed by atoms with E-state index in [2.05, 4.69) is 25.7 Å². The summed E-state index contributed by atoms with van der Waals surface area (Å²) in [5.74, 6) is 2.38. The molecule has 0 aromatic carbocycles. The third kappa shape index (κ3) is 3.03. The van der Waals surface area contributed by atoms with Crippen LogP contribution in [0, 0.1) is 17.8 Å². The largest absolute Gasteiger partial charge is 0.327 e. The van der Waals surface area contributed by atoms with Crippen LogP contribution in [0.5, 0.6) is 0 Å². The minimum Gasteiger partial charge on any atom is -0.327 e. The molecule has 1 aliphatic carbocycles. The van der Waals surface area contributed by atoms with E-state index >= 15 is 0 Å². The SMILES string of the molecule is CCC1CCCN1CC1C(C)CC(C)CC1N. The van der Waals surface area contributed by atoms with E-state index in [0.29, 0.717) is 6.04 Å². The molecule has 5 unspecified atom stereocenters. The van der Waals surface area contributed by atoms with Crippen molar-refractivity contribution in [2.75, 3.05) is 13.1 Å². The van der Waals surface area contributed by atoms with Gasteiger partial charge >= 0.3 is 0 Å². The lowest BCUT2D eigenvalue weighted by atomic mass is 9.72. The molecule has 2 heteroatoms. The van der Waals surface area contributed by atoms with E-state index in [-0.39, 0.29) is 0 Å². The lowest BCUT2D eigenvalue weighted by Crippen LogP contribution is -2.47. The molecule has 0 bridgehead atoms. The third-order valence-electron chi connectivity index (χ3n) is 5.15. The van der Waals surface area contributed by atoms with Gasteiger partial charge in [-0.2, -0.15) is 0 Å². The molecule has 0 spiro atoms. The fourth-order valence-corrected chi connectivity index (χ4v) is 4.15. The summed E-state index contributed by atoms with van der Waals surface area (Å²) < 4.78 is 0. The van der Waals surface area contributed by atoms with Crippen LogP contribution < -0.4 is 5.73 Å². The predicted octanol–water partition coefficient (Wildman–Crippen LogP) is 2.87. The Morgan fingerprint density at radius 3 is 2.65 bits per heavy atom. The molecule has 1 saturated heterocycles. The van der Waals surface area contributed by atoms with E-state index in [9.17, 15) is 0 Å². The van der Waals surface area contributed by atoms with E-state index in [4.69, 9.17) is 5.73 Å². The van der Waals surface area contributed by atoms with Gasteiger partial charge in [0.25, 0.3) is 0 Å². The Kier molecular flexibility index (Phi) is 4.48. The summed E-state index contributed by atoms with van der Waals surface area (Å²) in [5.41, 5.74) is 6.40. The minimum atomic E-state index is 0.437. The van der Waals surface area contributed by atoms with Crippen molar-refractivity contribution in [1.29, 1.82) is 0 Å². The Hall–Kier alpha value is -0.0800. The summed E-state index contributed by atoms with van der Waals surface area (Å²) in [4.78, 5) is 2.72. The Balaban J connectivity index is 1.93. The van der Waals surface area contributed by atoms with Crippen LogP contribution in [0.2, 0.25) is 0 Å². The molecule has 2 fully saturated rings. The number of likely N-dealkylation sites (tertiary alicyclic amines) is 1. The van der Waals surface area contributed by atoms with Gasteiger partial charge in [-0.3, -0.25) is 0 Å². The Bertz CT molecular complexity index is 229. The van der Waals surface area contributed by atoms with Crippen molar-refractivity contribution in [2.24, 2.45) is 23.5 Å². The first-order valence-corrected chi connectivity index (χ1v) is 7.61. The molecule has 1 heterocycles. The van der Waals surface area contributed by atoms with Crippen LogP contribution in [0.1, 0.15) is 52.9 Å². The van der Waals surface area contributed by atoms with Crippen molar-refractivity contribution in [3.05, 3.63) is 0 Å². The Morgan fingerprint density at radius 1 is 1.24 bits per heavy atom. The second kappa shape index (κ2) is 5.71. The normalized spacial score (nSPS) is 44.1. The molecular weight excluding hydrogens is 208 g/mol. The molecule has 5 atom stereocenters. The van der Waals surface area contributed by atoms with Crippen LogP contribution in [-0.2, 0) is 0 Å². The average Bonchev–Trinajstić information content (AvgIpc) is 2.70. The van der Waals surface area contributed by atoms with Crippen LogP contribution in [0.4, 0.5) is 0 Å². The van der Waals surface area contributed by atoms with Gasteiger partial charge in [0.1, 0.15) is 0 Å². The van der Waals surface area contributed by atoms with Crippen molar-refractivity contribution in [3.63, 3.8) is 0 Å². The molecule has 17 heavy (non-hydrogen) atoms. The summed E-state index contributed by atoms with van der Waals surface area (Å²) in [6.07, 6.45) is 6.73. The number of rotatable bonds is 3. The molecule has 0 aromatic heterocycles. The maximum atomic E-state index is 6.40. The maximum absolute atomic E-state index is 6.40. The van der Waals surface area contributed by atoms with Crippen LogP contribution >= 0.6 is 0 Å². The molecule has 0 radical (unpaired) electrons. The van der Waals surface area contributed by atoms with Crippen molar-refractivity contribution in [2.45, 2.75) is 65.0 Å². The number of nitrogens with two attached hydrogens (primary N) is 1. The van der Waals surface area contributed by atoms with Gasteiger partial charge in [0.15, 0.2) is 0 Å². The molecule has 2 nitrogen and oxygen atoms in total. The van der Waals surface area contributed by atoms with E-state index in [1.54, 1.807) is 0 Å². The van der Waals surface area contributed by atoms with Gasteiger partial charge in [0.05, 0.1) is 0 Å². The highest BCUT2D eigenvalue weighted by Crippen LogP contribution is 2.34. The predicted molar refractivity (Wildman–Crippen MR) is 73.9 cm³/mol. The first-order chi connectivity index (χ1) is 8.11. The fraction of sp³-hybridized carbons (Fsp3) is 1.00. The Morgan fingerprint density at radius 2 is 2.00 bits per heavy atom. The summed E-state index contributed by atoms with van der Waals surface area (Å²) in [6, 6.07) is 1.28. The van der Waals surface area contributed by atoms with Crippen molar-refractivity contribution in [1.82, 2.24) is 4.90 Å². The molecule has 2 N–H and O–H groups in total. The monoisotopic (exact) mass is 238 g/mol. The zero-order valence-corrected chi connectivity index (χ0v) is 11.9. The second-order valence-corrected chi connectivity index (χ2v) is 6.58. The lowest BCUT2D eigenvalue weighted by molar-refractivity contribution is 0.110. The highest BCUT2D eigenvalue weighted by atomic mass is 15.2. The number of hydrogen-bond acceptors (Lipinski definition) is 2. The summed E-state index contributed by atoms with van der Waals surface area (Å²) >= 11 is 0. The standard InChI is InChI=1S/C15H30N2/c1-4-13-6-5-7-17(13)10-14-12(3)8-11(2)9-15(14)16/h11-15H,4-10,16H2,1-3H3. The topological polar surface area (TPSA) is 29.3 Å². The van der Waals surface area contributed by atoms with Gasteiger partial charge in [-0.25, -0.2) is 0 Å². The third-order valence-corrected chi connectivity index (χ3v) is 5.15. The second-order valence-electron chi connectivity index (χ2n) is 6.58. The van der Waals surface area contributed by atoms with E-state index < -0.39 is 0 Å². The highest BCUT2D eigenvalue weighted by molar-refractivity contribution is 4.89. The first kappa shape index (κ1) is 13.4. The fourth-order valence-electron chi connectivity index (χ4n) is 4.15. The molecule has 100 valence electrons.